The summed E-state index contributed by atoms with van der Waals surface area (Å²) in [7, 11) is 0. The Morgan fingerprint density at radius 1 is 0.667 bits per heavy atom. The maximum atomic E-state index is 6.57. The standard InChI is InChI=1S/C28H18ClN/c29-22-13-14-24-26(17-22)28(20-8-2-1-3-9-20,21-10-6-16-30-18-21)25-15-12-19-7-4-5-11-23(19)27(24)25/h1-18H. The number of nitrogens with zero attached hydrogens (tertiary/aromatic N) is 1. The van der Waals surface area contributed by atoms with E-state index < -0.39 is 5.41 Å². The average Bonchev–Trinajstić information content (AvgIpc) is 3.11. The molecule has 0 aliphatic heterocycles. The molecular weight excluding hydrogens is 386 g/mol. The van der Waals surface area contributed by atoms with Crippen molar-refractivity contribution in [3.8, 4) is 11.1 Å². The Hall–Kier alpha value is -3.42. The summed E-state index contributed by atoms with van der Waals surface area (Å²) in [4.78, 5) is 4.50. The molecule has 0 spiro atoms. The van der Waals surface area contributed by atoms with Gasteiger partial charge in [0.2, 0.25) is 0 Å². The lowest BCUT2D eigenvalue weighted by Crippen LogP contribution is -2.28. The van der Waals surface area contributed by atoms with Gasteiger partial charge in [-0.05, 0) is 62.4 Å². The Morgan fingerprint density at radius 3 is 2.30 bits per heavy atom. The van der Waals surface area contributed by atoms with Crippen molar-refractivity contribution in [1.82, 2.24) is 4.98 Å². The van der Waals surface area contributed by atoms with Gasteiger partial charge >= 0.3 is 0 Å². The predicted molar refractivity (Wildman–Crippen MR) is 124 cm³/mol. The number of hydrogen-bond donors (Lipinski definition) is 0. The number of pyridine rings is 1. The van der Waals surface area contributed by atoms with Gasteiger partial charge in [0, 0.05) is 17.4 Å². The van der Waals surface area contributed by atoms with Gasteiger partial charge in [-0.15, -0.1) is 0 Å². The molecule has 5 aromatic rings. The van der Waals surface area contributed by atoms with E-state index in [0.29, 0.717) is 0 Å². The molecule has 0 N–H and O–H groups in total. The molecule has 1 atom stereocenters. The molecule has 0 radical (unpaired) electrons. The third kappa shape index (κ3) is 2.27. The maximum absolute atomic E-state index is 6.57. The largest absolute Gasteiger partial charge is 0.264 e. The number of fused-ring (bicyclic) bond motifs is 5. The van der Waals surface area contributed by atoms with Gasteiger partial charge in [0.15, 0.2) is 0 Å². The van der Waals surface area contributed by atoms with E-state index in [1.165, 1.54) is 38.6 Å². The lowest BCUT2D eigenvalue weighted by atomic mass is 9.68. The van der Waals surface area contributed by atoms with Crippen LogP contribution in [0.2, 0.25) is 5.02 Å². The summed E-state index contributed by atoms with van der Waals surface area (Å²) in [6.07, 6.45) is 3.82. The molecule has 0 saturated carbocycles. The van der Waals surface area contributed by atoms with Gasteiger partial charge in [-0.1, -0.05) is 90.5 Å². The highest BCUT2D eigenvalue weighted by Gasteiger charge is 2.46. The first-order chi connectivity index (χ1) is 14.8. The highest BCUT2D eigenvalue weighted by Crippen LogP contribution is 2.57. The van der Waals surface area contributed by atoms with Gasteiger partial charge in [-0.3, -0.25) is 4.98 Å². The van der Waals surface area contributed by atoms with E-state index in [1.54, 1.807) is 0 Å². The van der Waals surface area contributed by atoms with Gasteiger partial charge < -0.3 is 0 Å². The number of halogens is 1. The Morgan fingerprint density at radius 2 is 1.47 bits per heavy atom. The molecule has 0 amide bonds. The molecule has 30 heavy (non-hydrogen) atoms. The molecule has 1 aliphatic rings. The summed E-state index contributed by atoms with van der Waals surface area (Å²) in [6.45, 7) is 0. The van der Waals surface area contributed by atoms with Crippen LogP contribution in [-0.4, -0.2) is 4.98 Å². The smallest absolute Gasteiger partial charge is 0.0729 e. The van der Waals surface area contributed by atoms with Crippen molar-refractivity contribution >= 4 is 22.4 Å². The fourth-order valence-corrected chi connectivity index (χ4v) is 5.30. The molecule has 1 heterocycles. The highest BCUT2D eigenvalue weighted by molar-refractivity contribution is 6.31. The SMILES string of the molecule is Clc1ccc2c(c1)C(c1ccccc1)(c1cccnc1)c1ccc3ccccc3c1-2. The van der Waals surface area contributed by atoms with Crippen molar-refractivity contribution in [1.29, 1.82) is 0 Å². The molecule has 0 saturated heterocycles. The molecule has 1 nitrogen and oxygen atoms in total. The summed E-state index contributed by atoms with van der Waals surface area (Å²) < 4.78 is 0. The maximum Gasteiger partial charge on any atom is 0.0729 e. The van der Waals surface area contributed by atoms with Crippen molar-refractivity contribution in [2.45, 2.75) is 5.41 Å². The zero-order chi connectivity index (χ0) is 20.1. The van der Waals surface area contributed by atoms with Crippen LogP contribution in [0, 0.1) is 0 Å². The molecule has 0 fully saturated rings. The third-order valence-corrected chi connectivity index (χ3v) is 6.52. The van der Waals surface area contributed by atoms with Gasteiger partial charge in [0.1, 0.15) is 0 Å². The minimum Gasteiger partial charge on any atom is -0.264 e. The molecule has 1 unspecified atom stereocenters. The highest BCUT2D eigenvalue weighted by atomic mass is 35.5. The van der Waals surface area contributed by atoms with Crippen molar-refractivity contribution in [2.75, 3.05) is 0 Å². The second-order valence-corrected chi connectivity index (χ2v) is 8.19. The summed E-state index contributed by atoms with van der Waals surface area (Å²) >= 11 is 6.57. The third-order valence-electron chi connectivity index (χ3n) is 6.29. The molecule has 6 rings (SSSR count). The van der Waals surface area contributed by atoms with Gasteiger partial charge in [0.05, 0.1) is 5.41 Å². The van der Waals surface area contributed by atoms with E-state index in [1.807, 2.05) is 24.5 Å². The molecule has 2 heteroatoms. The van der Waals surface area contributed by atoms with E-state index in [4.69, 9.17) is 11.6 Å². The summed E-state index contributed by atoms with van der Waals surface area (Å²) in [5, 5.41) is 3.25. The van der Waals surface area contributed by atoms with E-state index in [0.717, 1.165) is 10.6 Å². The molecule has 4 aromatic carbocycles. The minimum atomic E-state index is -0.463. The van der Waals surface area contributed by atoms with Crippen LogP contribution in [0.4, 0.5) is 0 Å². The molecule has 1 aliphatic carbocycles. The first-order valence-electron chi connectivity index (χ1n) is 10.1. The van der Waals surface area contributed by atoms with Crippen LogP contribution < -0.4 is 0 Å². The van der Waals surface area contributed by atoms with E-state index in [9.17, 15) is 0 Å². The normalized spacial score (nSPS) is 17.0. The van der Waals surface area contributed by atoms with Crippen LogP contribution >= 0.6 is 11.6 Å². The first-order valence-corrected chi connectivity index (χ1v) is 10.5. The van der Waals surface area contributed by atoms with Gasteiger partial charge in [-0.2, -0.15) is 0 Å². The zero-order valence-corrected chi connectivity index (χ0v) is 17.0. The topological polar surface area (TPSA) is 12.9 Å². The second kappa shape index (κ2) is 6.55. The van der Waals surface area contributed by atoms with Crippen LogP contribution in [0.1, 0.15) is 22.3 Å². The lowest BCUT2D eigenvalue weighted by molar-refractivity contribution is 0.763. The average molecular weight is 404 g/mol. The van der Waals surface area contributed by atoms with Crippen LogP contribution in [0.5, 0.6) is 0 Å². The Labute approximate surface area is 180 Å². The zero-order valence-electron chi connectivity index (χ0n) is 16.2. The Balaban J connectivity index is 1.86. The quantitative estimate of drug-likeness (QED) is 0.296. The fraction of sp³-hybridized carbons (Fsp3) is 0.0357. The van der Waals surface area contributed by atoms with Crippen molar-refractivity contribution in [3.05, 3.63) is 137 Å². The Kier molecular flexibility index (Phi) is 3.81. The van der Waals surface area contributed by atoms with E-state index in [2.05, 4.69) is 89.9 Å². The minimum absolute atomic E-state index is 0.463. The van der Waals surface area contributed by atoms with Gasteiger partial charge in [0.25, 0.3) is 0 Å². The van der Waals surface area contributed by atoms with Crippen LogP contribution in [0.3, 0.4) is 0 Å². The molecule has 142 valence electrons. The molecular formula is C28H18ClN. The lowest BCUT2D eigenvalue weighted by Gasteiger charge is -2.33. The van der Waals surface area contributed by atoms with Crippen LogP contribution in [-0.2, 0) is 5.41 Å². The van der Waals surface area contributed by atoms with E-state index >= 15 is 0 Å². The number of benzene rings is 4. The van der Waals surface area contributed by atoms with Gasteiger partial charge in [-0.25, -0.2) is 0 Å². The number of rotatable bonds is 2. The van der Waals surface area contributed by atoms with Crippen molar-refractivity contribution in [2.24, 2.45) is 0 Å². The van der Waals surface area contributed by atoms with Crippen LogP contribution in [0.25, 0.3) is 21.9 Å². The fourth-order valence-electron chi connectivity index (χ4n) is 5.13. The summed E-state index contributed by atoms with van der Waals surface area (Å²) in [6, 6.07) is 34.3. The molecule has 0 bridgehead atoms. The number of aromatic nitrogens is 1. The van der Waals surface area contributed by atoms with Crippen molar-refractivity contribution in [3.63, 3.8) is 0 Å². The molecule has 1 aromatic heterocycles. The summed E-state index contributed by atoms with van der Waals surface area (Å²) in [5.74, 6) is 0. The van der Waals surface area contributed by atoms with E-state index in [-0.39, 0.29) is 0 Å². The summed E-state index contributed by atoms with van der Waals surface area (Å²) in [5.41, 5.74) is 6.91. The first kappa shape index (κ1) is 17.4. The monoisotopic (exact) mass is 403 g/mol. The predicted octanol–water partition coefficient (Wildman–Crippen LogP) is 7.25. The second-order valence-electron chi connectivity index (χ2n) is 7.76. The number of hydrogen-bond acceptors (Lipinski definition) is 1. The van der Waals surface area contributed by atoms with Crippen molar-refractivity contribution < 1.29 is 0 Å². The Bertz CT molecular complexity index is 1350. The van der Waals surface area contributed by atoms with Crippen LogP contribution in [0.15, 0.2) is 109 Å².